The molecule has 0 aliphatic carbocycles. The predicted molar refractivity (Wildman–Crippen MR) is 139 cm³/mol. The molecule has 35 heavy (non-hydrogen) atoms. The number of nitrogens with zero attached hydrogens (tertiary/aromatic N) is 3. The third kappa shape index (κ3) is 8.70. The van der Waals surface area contributed by atoms with E-state index >= 15 is 0 Å². The van der Waals surface area contributed by atoms with Gasteiger partial charge in [-0.1, -0.05) is 6.07 Å². The molecule has 0 amide bonds. The average Bonchev–Trinajstić information content (AvgIpc) is 2.82. The number of aliphatic imine (C=N–C) groups is 1. The lowest BCUT2D eigenvalue weighted by atomic mass is 10.1. The molecule has 1 aliphatic rings. The van der Waals surface area contributed by atoms with Crippen molar-refractivity contribution in [1.82, 2.24) is 9.97 Å². The Balaban J connectivity index is 1.58. The Kier molecular flexibility index (Phi) is 9.23. The van der Waals surface area contributed by atoms with E-state index in [-0.39, 0.29) is 12.4 Å². The summed E-state index contributed by atoms with van der Waals surface area (Å²) in [4.78, 5) is 26.0. The Morgan fingerprint density at radius 1 is 1.29 bits per heavy atom. The molecule has 8 heteroatoms. The minimum absolute atomic E-state index is 0.105. The molecule has 2 aromatic heterocycles. The number of esters is 1. The van der Waals surface area contributed by atoms with E-state index in [0.29, 0.717) is 5.88 Å². The van der Waals surface area contributed by atoms with Gasteiger partial charge in [-0.2, -0.15) is 0 Å². The number of hydrogen-bond acceptors (Lipinski definition) is 8. The minimum atomic E-state index is -0.559. The van der Waals surface area contributed by atoms with Crippen LogP contribution in [0.15, 0.2) is 47.2 Å². The van der Waals surface area contributed by atoms with E-state index in [4.69, 9.17) is 20.2 Å². The van der Waals surface area contributed by atoms with Crippen LogP contribution in [0, 0.1) is 0 Å². The number of carbonyl (C=O) groups excluding carboxylic acids is 1. The second-order valence-corrected chi connectivity index (χ2v) is 9.67. The summed E-state index contributed by atoms with van der Waals surface area (Å²) in [7, 11) is 1.56. The smallest absolute Gasteiger partial charge is 0.308 e. The number of fused-ring (bicyclic) bond motifs is 1. The molecule has 2 aromatic rings. The van der Waals surface area contributed by atoms with Crippen LogP contribution >= 0.6 is 0 Å². The molecule has 8 nitrogen and oxygen atoms in total. The number of nitrogens with two attached hydrogens (primary N) is 1. The number of rotatable bonds is 10. The van der Waals surface area contributed by atoms with Crippen molar-refractivity contribution in [2.24, 2.45) is 10.7 Å². The van der Waals surface area contributed by atoms with Gasteiger partial charge in [-0.3, -0.25) is 9.79 Å². The van der Waals surface area contributed by atoms with Crippen molar-refractivity contribution < 1.29 is 14.3 Å². The molecule has 0 saturated carbocycles. The van der Waals surface area contributed by atoms with Crippen molar-refractivity contribution >= 4 is 18.0 Å². The van der Waals surface area contributed by atoms with Crippen LogP contribution < -0.4 is 15.8 Å². The molecule has 0 radical (unpaired) electrons. The molecule has 1 atom stereocenters. The van der Waals surface area contributed by atoms with Gasteiger partial charge in [-0.15, -0.1) is 0 Å². The summed E-state index contributed by atoms with van der Waals surface area (Å²) in [6.07, 6.45) is 9.96. The first-order valence-corrected chi connectivity index (χ1v) is 12.2. The van der Waals surface area contributed by atoms with Gasteiger partial charge in [0.1, 0.15) is 11.4 Å². The van der Waals surface area contributed by atoms with E-state index in [1.54, 1.807) is 31.7 Å². The van der Waals surface area contributed by atoms with E-state index in [2.05, 4.69) is 27.4 Å². The summed E-state index contributed by atoms with van der Waals surface area (Å²) in [6, 6.07) is 7.46. The number of pyridine rings is 2. The number of aryl methyl sites for hydroxylation is 2. The van der Waals surface area contributed by atoms with Crippen LogP contribution in [-0.2, 0) is 22.4 Å². The molecule has 0 saturated heterocycles. The highest BCUT2D eigenvalue weighted by Gasteiger charge is 2.21. The summed E-state index contributed by atoms with van der Waals surface area (Å²) in [5.41, 5.74) is 9.55. The van der Waals surface area contributed by atoms with Crippen LogP contribution in [0.3, 0.4) is 0 Å². The highest BCUT2D eigenvalue weighted by atomic mass is 16.6. The number of carbonyl (C=O) groups is 1. The topological polar surface area (TPSA) is 112 Å². The maximum Gasteiger partial charge on any atom is 0.308 e. The van der Waals surface area contributed by atoms with E-state index in [1.165, 1.54) is 5.56 Å². The van der Waals surface area contributed by atoms with Crippen LogP contribution in [0.2, 0.25) is 0 Å². The van der Waals surface area contributed by atoms with Crippen LogP contribution in [0.4, 0.5) is 5.82 Å². The zero-order valence-electron chi connectivity index (χ0n) is 21.2. The summed E-state index contributed by atoms with van der Waals surface area (Å²) in [6.45, 7) is 6.52. The van der Waals surface area contributed by atoms with E-state index in [9.17, 15) is 4.79 Å². The summed E-state index contributed by atoms with van der Waals surface area (Å²) in [5, 5.41) is 3.38. The van der Waals surface area contributed by atoms with Crippen molar-refractivity contribution in [3.05, 3.63) is 59.1 Å². The first-order chi connectivity index (χ1) is 16.7. The molecular formula is C27H37N5O3. The Bertz CT molecular complexity index is 1040. The molecular weight excluding hydrogens is 442 g/mol. The number of nitrogens with one attached hydrogen (secondary N) is 1. The number of ether oxygens (including phenoxy) is 2. The van der Waals surface area contributed by atoms with Crippen LogP contribution in [-0.4, -0.2) is 41.4 Å². The highest BCUT2D eigenvalue weighted by Crippen LogP contribution is 2.24. The molecule has 188 valence electrons. The second kappa shape index (κ2) is 12.3. The SMILES string of the molecule is COc1ccc(C(CC(=O)OC(C)(C)C)N=CC=C(N)CCCc2ccc3c(n2)NCCC3)cn1. The fraction of sp³-hybridized carbons (Fsp3) is 0.481. The number of aromatic nitrogens is 2. The van der Waals surface area contributed by atoms with Gasteiger partial charge in [0, 0.05) is 36.4 Å². The van der Waals surface area contributed by atoms with Gasteiger partial charge in [0.05, 0.1) is 19.6 Å². The van der Waals surface area contributed by atoms with Crippen molar-refractivity contribution in [2.75, 3.05) is 19.0 Å². The fourth-order valence-electron chi connectivity index (χ4n) is 3.81. The number of anilines is 1. The van der Waals surface area contributed by atoms with Crippen LogP contribution in [0.5, 0.6) is 5.88 Å². The van der Waals surface area contributed by atoms with Crippen LogP contribution in [0.25, 0.3) is 0 Å². The Morgan fingerprint density at radius 3 is 2.83 bits per heavy atom. The van der Waals surface area contributed by atoms with Gasteiger partial charge in [0.25, 0.3) is 0 Å². The maximum atomic E-state index is 12.4. The predicted octanol–water partition coefficient (Wildman–Crippen LogP) is 4.55. The van der Waals surface area contributed by atoms with Gasteiger partial charge in [0.15, 0.2) is 0 Å². The second-order valence-electron chi connectivity index (χ2n) is 9.67. The van der Waals surface area contributed by atoms with E-state index in [1.807, 2.05) is 26.8 Å². The van der Waals surface area contributed by atoms with Gasteiger partial charge in [-0.25, -0.2) is 9.97 Å². The Labute approximate surface area is 208 Å². The fourth-order valence-corrected chi connectivity index (χ4v) is 3.81. The zero-order chi connectivity index (χ0) is 25.3. The molecule has 1 aliphatic heterocycles. The largest absolute Gasteiger partial charge is 0.481 e. The molecule has 0 fully saturated rings. The van der Waals surface area contributed by atoms with E-state index in [0.717, 1.165) is 61.4 Å². The van der Waals surface area contributed by atoms with Gasteiger partial charge >= 0.3 is 5.97 Å². The molecule has 3 rings (SSSR count). The lowest BCUT2D eigenvalue weighted by Crippen LogP contribution is -2.24. The Hall–Kier alpha value is -3.42. The quantitative estimate of drug-likeness (QED) is 0.380. The standard InChI is InChI=1S/C27H37N5O3/c1-27(2,3)35-25(33)17-23(20-11-13-24(34-4)31-18-20)29-16-14-21(28)8-5-9-22-12-10-19-7-6-15-30-26(19)32-22/h10-14,16,18,23H,5-9,15,17,28H2,1-4H3,(H,30,32). The van der Waals surface area contributed by atoms with Crippen molar-refractivity contribution in [2.45, 2.75) is 70.9 Å². The van der Waals surface area contributed by atoms with Crippen molar-refractivity contribution in [3.63, 3.8) is 0 Å². The molecule has 3 N–H and O–H groups in total. The normalized spacial score (nSPS) is 14.8. The third-order valence-corrected chi connectivity index (χ3v) is 5.54. The van der Waals surface area contributed by atoms with Gasteiger partial charge in [0.2, 0.25) is 5.88 Å². The molecule has 3 heterocycles. The summed E-state index contributed by atoms with van der Waals surface area (Å²) in [5.74, 6) is 1.20. The Morgan fingerprint density at radius 2 is 2.11 bits per heavy atom. The van der Waals surface area contributed by atoms with Gasteiger partial charge in [-0.05, 0) is 82.2 Å². The summed E-state index contributed by atoms with van der Waals surface area (Å²) >= 11 is 0. The first kappa shape index (κ1) is 26.2. The average molecular weight is 480 g/mol. The molecule has 0 bridgehead atoms. The summed E-state index contributed by atoms with van der Waals surface area (Å²) < 4.78 is 10.6. The highest BCUT2D eigenvalue weighted by molar-refractivity contribution is 5.74. The molecule has 0 spiro atoms. The first-order valence-electron chi connectivity index (χ1n) is 12.2. The maximum absolute atomic E-state index is 12.4. The number of allylic oxidation sites excluding steroid dienone is 2. The zero-order valence-corrected chi connectivity index (χ0v) is 21.2. The minimum Gasteiger partial charge on any atom is -0.481 e. The lowest BCUT2D eigenvalue weighted by molar-refractivity contribution is -0.155. The third-order valence-electron chi connectivity index (χ3n) is 5.54. The monoisotopic (exact) mass is 479 g/mol. The lowest BCUT2D eigenvalue weighted by Gasteiger charge is -2.21. The number of hydrogen-bond donors (Lipinski definition) is 2. The number of methoxy groups -OCH3 is 1. The van der Waals surface area contributed by atoms with Crippen molar-refractivity contribution in [1.29, 1.82) is 0 Å². The van der Waals surface area contributed by atoms with Gasteiger partial charge < -0.3 is 20.5 Å². The molecule has 1 unspecified atom stereocenters. The van der Waals surface area contributed by atoms with Crippen LogP contribution in [0.1, 0.15) is 69.3 Å². The molecule has 0 aromatic carbocycles. The van der Waals surface area contributed by atoms with E-state index < -0.39 is 11.6 Å². The van der Waals surface area contributed by atoms with Crippen molar-refractivity contribution in [3.8, 4) is 5.88 Å².